The van der Waals surface area contributed by atoms with Crippen LogP contribution >= 0.6 is 0 Å². The maximum Gasteiger partial charge on any atom is 0.368 e. The molecule has 1 aliphatic heterocycles. The molecule has 18 heavy (non-hydrogen) atoms. The lowest BCUT2D eigenvalue weighted by molar-refractivity contribution is -0.161. The molecule has 0 saturated carbocycles. The fourth-order valence-corrected chi connectivity index (χ4v) is 2.23. The summed E-state index contributed by atoms with van der Waals surface area (Å²) in [5.74, 6) is -1.07. The zero-order chi connectivity index (χ0) is 13.3. The number of anilines is 1. The zero-order valence-corrected chi connectivity index (χ0v) is 10.6. The van der Waals surface area contributed by atoms with Crippen LogP contribution in [0.25, 0.3) is 0 Å². The van der Waals surface area contributed by atoms with Crippen LogP contribution in [0.5, 0.6) is 0 Å². The number of hydrogen-bond acceptors (Lipinski definition) is 5. The summed E-state index contributed by atoms with van der Waals surface area (Å²) in [5, 5.41) is 0. The van der Waals surface area contributed by atoms with Gasteiger partial charge in [0.15, 0.2) is 0 Å². The molecule has 0 radical (unpaired) electrons. The lowest BCUT2D eigenvalue weighted by Crippen LogP contribution is -2.57. The number of ether oxygens (including phenoxy) is 2. The first-order valence-corrected chi connectivity index (χ1v) is 5.69. The lowest BCUT2D eigenvalue weighted by Gasteiger charge is -2.31. The number of hydrogen-bond donors (Lipinski definition) is 0. The Morgan fingerprint density at radius 2 is 2.06 bits per heavy atom. The van der Waals surface area contributed by atoms with Crippen LogP contribution in [0.3, 0.4) is 0 Å². The molecular weight excluding hydrogens is 234 g/mol. The summed E-state index contributed by atoms with van der Waals surface area (Å²) >= 11 is 0. The summed E-state index contributed by atoms with van der Waals surface area (Å²) < 4.78 is 10.2. The van der Waals surface area contributed by atoms with Crippen molar-refractivity contribution in [1.29, 1.82) is 0 Å². The number of benzene rings is 1. The highest BCUT2D eigenvalue weighted by atomic mass is 16.6. The Balaban J connectivity index is 2.53. The van der Waals surface area contributed by atoms with Crippen LogP contribution in [0.15, 0.2) is 24.3 Å². The van der Waals surface area contributed by atoms with E-state index >= 15 is 0 Å². The van der Waals surface area contributed by atoms with Gasteiger partial charge in [-0.3, -0.25) is 4.79 Å². The Hall–Kier alpha value is -1.88. The van der Waals surface area contributed by atoms with Crippen LogP contribution in [-0.2, 0) is 14.3 Å². The minimum atomic E-state index is -1.69. The predicted molar refractivity (Wildman–Crippen MR) is 65.5 cm³/mol. The molecule has 96 valence electrons. The van der Waals surface area contributed by atoms with Gasteiger partial charge in [0, 0.05) is 19.7 Å². The number of likely N-dealkylation sites (N-methyl/N-ethyl adjacent to an activating group) is 1. The Labute approximate surface area is 105 Å². The van der Waals surface area contributed by atoms with E-state index in [1.54, 1.807) is 38.2 Å². The average molecular weight is 249 g/mol. The van der Waals surface area contributed by atoms with Crippen molar-refractivity contribution in [2.75, 3.05) is 25.7 Å². The molecule has 1 aromatic rings. The number of ketones is 1. The van der Waals surface area contributed by atoms with Crippen molar-refractivity contribution in [3.8, 4) is 0 Å². The van der Waals surface area contributed by atoms with E-state index in [2.05, 4.69) is 0 Å². The number of carbonyl (C=O) groups is 2. The average Bonchev–Trinajstić information content (AvgIpc) is 2.61. The molecular formula is C13H15NO4. The highest BCUT2D eigenvalue weighted by molar-refractivity contribution is 6.23. The summed E-state index contributed by atoms with van der Waals surface area (Å²) in [4.78, 5) is 26.0. The van der Waals surface area contributed by atoms with Crippen LogP contribution in [0.4, 0.5) is 5.69 Å². The second kappa shape index (κ2) is 4.42. The van der Waals surface area contributed by atoms with Crippen molar-refractivity contribution in [2.45, 2.75) is 12.6 Å². The molecule has 0 saturated heterocycles. The fraction of sp³-hybridized carbons (Fsp3) is 0.385. The number of esters is 1. The third-order valence-corrected chi connectivity index (χ3v) is 3.14. The second-order valence-electron chi connectivity index (χ2n) is 3.97. The third kappa shape index (κ3) is 1.44. The molecule has 0 aromatic heterocycles. The number of fused-ring (bicyclic) bond motifs is 1. The van der Waals surface area contributed by atoms with Crippen molar-refractivity contribution in [2.24, 2.45) is 0 Å². The minimum absolute atomic E-state index is 0.196. The molecule has 1 aliphatic rings. The van der Waals surface area contributed by atoms with Crippen LogP contribution in [0.1, 0.15) is 17.3 Å². The molecule has 0 amide bonds. The van der Waals surface area contributed by atoms with E-state index in [0.29, 0.717) is 11.3 Å². The first kappa shape index (κ1) is 12.6. The standard InChI is InChI=1S/C13H15NO4/c1-4-18-12(16)13(17-3)11(15)9-7-5-6-8-10(9)14(13)2/h5-8H,4H2,1-3H3. The number of Topliss-reactive ketones (excluding diaryl/α,β-unsaturated/α-hetero) is 1. The highest BCUT2D eigenvalue weighted by Crippen LogP contribution is 2.38. The maximum atomic E-state index is 12.4. The quantitative estimate of drug-likeness (QED) is 0.595. The van der Waals surface area contributed by atoms with E-state index < -0.39 is 11.7 Å². The van der Waals surface area contributed by atoms with Gasteiger partial charge in [0.25, 0.3) is 0 Å². The SMILES string of the molecule is CCOC(=O)C1(OC)C(=O)c2ccccc2N1C. The maximum absolute atomic E-state index is 12.4. The van der Waals surface area contributed by atoms with E-state index in [1.807, 2.05) is 0 Å². The molecule has 0 spiro atoms. The number of methoxy groups -OCH3 is 1. The van der Waals surface area contributed by atoms with Gasteiger partial charge in [-0.05, 0) is 19.1 Å². The van der Waals surface area contributed by atoms with Gasteiger partial charge in [0.2, 0.25) is 5.78 Å². The molecule has 1 unspecified atom stereocenters. The molecule has 5 nitrogen and oxygen atoms in total. The lowest BCUT2D eigenvalue weighted by atomic mass is 10.1. The summed E-state index contributed by atoms with van der Waals surface area (Å²) in [6.07, 6.45) is 0. The summed E-state index contributed by atoms with van der Waals surface area (Å²) in [7, 11) is 2.97. The Bertz CT molecular complexity index is 500. The van der Waals surface area contributed by atoms with Crippen LogP contribution in [-0.4, -0.2) is 38.2 Å². The molecule has 1 aromatic carbocycles. The Morgan fingerprint density at radius 3 is 2.61 bits per heavy atom. The number of rotatable bonds is 3. The van der Waals surface area contributed by atoms with E-state index in [1.165, 1.54) is 12.0 Å². The van der Waals surface area contributed by atoms with Gasteiger partial charge in [-0.2, -0.15) is 0 Å². The number of carbonyl (C=O) groups excluding carboxylic acids is 2. The van der Waals surface area contributed by atoms with Crippen molar-refractivity contribution in [3.05, 3.63) is 29.8 Å². The smallest absolute Gasteiger partial charge is 0.368 e. The van der Waals surface area contributed by atoms with E-state index in [9.17, 15) is 9.59 Å². The Kier molecular flexibility index (Phi) is 3.09. The van der Waals surface area contributed by atoms with Gasteiger partial charge in [-0.15, -0.1) is 0 Å². The minimum Gasteiger partial charge on any atom is -0.462 e. The predicted octanol–water partition coefficient (Wildman–Crippen LogP) is 1.22. The van der Waals surface area contributed by atoms with Crippen molar-refractivity contribution in [1.82, 2.24) is 0 Å². The van der Waals surface area contributed by atoms with E-state index in [4.69, 9.17) is 9.47 Å². The van der Waals surface area contributed by atoms with Gasteiger partial charge < -0.3 is 14.4 Å². The number of para-hydroxylation sites is 1. The van der Waals surface area contributed by atoms with E-state index in [0.717, 1.165) is 0 Å². The van der Waals surface area contributed by atoms with Crippen molar-refractivity contribution in [3.63, 3.8) is 0 Å². The molecule has 2 rings (SSSR count). The molecule has 0 N–H and O–H groups in total. The third-order valence-electron chi connectivity index (χ3n) is 3.14. The normalized spacial score (nSPS) is 21.9. The topological polar surface area (TPSA) is 55.8 Å². The molecule has 0 aliphatic carbocycles. The van der Waals surface area contributed by atoms with Crippen molar-refractivity contribution >= 4 is 17.4 Å². The highest BCUT2D eigenvalue weighted by Gasteiger charge is 2.57. The van der Waals surface area contributed by atoms with Crippen molar-refractivity contribution < 1.29 is 19.1 Å². The summed E-state index contributed by atoms with van der Waals surface area (Å²) in [6.45, 7) is 1.88. The van der Waals surface area contributed by atoms with Crippen LogP contribution in [0.2, 0.25) is 0 Å². The second-order valence-corrected chi connectivity index (χ2v) is 3.97. The summed E-state index contributed by atoms with van der Waals surface area (Å²) in [6, 6.07) is 7.00. The molecule has 5 heteroatoms. The molecule has 1 atom stereocenters. The molecule has 0 bridgehead atoms. The summed E-state index contributed by atoms with van der Waals surface area (Å²) in [5.41, 5.74) is -0.563. The van der Waals surface area contributed by atoms with Gasteiger partial charge in [0.1, 0.15) is 0 Å². The Morgan fingerprint density at radius 1 is 1.39 bits per heavy atom. The first-order chi connectivity index (χ1) is 8.59. The van der Waals surface area contributed by atoms with Gasteiger partial charge in [-0.25, -0.2) is 4.79 Å². The van der Waals surface area contributed by atoms with E-state index in [-0.39, 0.29) is 12.4 Å². The van der Waals surface area contributed by atoms with Gasteiger partial charge >= 0.3 is 11.7 Å². The zero-order valence-electron chi connectivity index (χ0n) is 10.6. The number of nitrogens with zero attached hydrogens (tertiary/aromatic N) is 1. The largest absolute Gasteiger partial charge is 0.462 e. The monoisotopic (exact) mass is 249 g/mol. The van der Waals surface area contributed by atoms with Gasteiger partial charge in [0.05, 0.1) is 12.3 Å². The van der Waals surface area contributed by atoms with Gasteiger partial charge in [-0.1, -0.05) is 12.1 Å². The van der Waals surface area contributed by atoms with Crippen LogP contribution < -0.4 is 4.90 Å². The first-order valence-electron chi connectivity index (χ1n) is 5.69. The van der Waals surface area contributed by atoms with Crippen LogP contribution in [0, 0.1) is 0 Å². The fourth-order valence-electron chi connectivity index (χ4n) is 2.23. The molecule has 1 heterocycles. The molecule has 0 fully saturated rings.